The molecule has 3 unspecified atom stereocenters. The Morgan fingerprint density at radius 3 is 2.54 bits per heavy atom. The maximum absolute atomic E-state index is 6.56. The van der Waals surface area contributed by atoms with Gasteiger partial charge in [0.2, 0.25) is 0 Å². The molecule has 0 N–H and O–H groups in total. The molecule has 0 heterocycles. The van der Waals surface area contributed by atoms with Crippen molar-refractivity contribution in [2.45, 2.75) is 111 Å². The summed E-state index contributed by atoms with van der Waals surface area (Å²) < 4.78 is 0. The molecule has 0 saturated heterocycles. The van der Waals surface area contributed by atoms with Crippen LogP contribution in [-0.2, 0) is 0 Å². The maximum Gasteiger partial charge on any atom is 0.0373 e. The van der Waals surface area contributed by atoms with Gasteiger partial charge in [-0.1, -0.05) is 65.5 Å². The van der Waals surface area contributed by atoms with E-state index in [0.29, 0.717) is 16.2 Å². The van der Waals surface area contributed by atoms with Crippen LogP contribution in [0.4, 0.5) is 0 Å². The number of rotatable bonds is 5. The van der Waals surface area contributed by atoms with Crippen LogP contribution in [0.15, 0.2) is 11.6 Å². The van der Waals surface area contributed by atoms with Crippen LogP contribution in [0.2, 0.25) is 0 Å². The minimum atomic E-state index is 0.396. The quantitative estimate of drug-likeness (QED) is 0.317. The minimum Gasteiger partial charge on any atom is -0.123 e. The van der Waals surface area contributed by atoms with Gasteiger partial charge in [0.1, 0.15) is 0 Å². The molecule has 8 atom stereocenters. The summed E-state index contributed by atoms with van der Waals surface area (Å²) in [7, 11) is 0. The SMILES string of the molecule is CC(C)CCC[C@@H](C)[C@H]1CCC2[C@@H]3CC=C4CC(Cl)CC[C@]4(C)C3CC[C@@]21C. The normalized spacial score (nSPS) is 46.5. The Morgan fingerprint density at radius 1 is 1.00 bits per heavy atom. The van der Waals surface area contributed by atoms with E-state index in [2.05, 4.69) is 40.7 Å². The largest absolute Gasteiger partial charge is 0.123 e. The van der Waals surface area contributed by atoms with Gasteiger partial charge in [0.25, 0.3) is 0 Å². The van der Waals surface area contributed by atoms with Crippen LogP contribution in [0, 0.1) is 46.3 Å². The first-order valence-electron chi connectivity index (χ1n) is 12.6. The highest BCUT2D eigenvalue weighted by molar-refractivity contribution is 6.20. The zero-order valence-corrected chi connectivity index (χ0v) is 20.0. The molecule has 1 heteroatoms. The van der Waals surface area contributed by atoms with Gasteiger partial charge in [-0.05, 0) is 97.7 Å². The van der Waals surface area contributed by atoms with Crippen LogP contribution < -0.4 is 0 Å². The predicted molar refractivity (Wildman–Crippen MR) is 123 cm³/mol. The van der Waals surface area contributed by atoms with Crippen LogP contribution >= 0.6 is 11.6 Å². The second-order valence-electron chi connectivity index (χ2n) is 12.1. The molecular weight excluding hydrogens is 360 g/mol. The van der Waals surface area contributed by atoms with Crippen molar-refractivity contribution in [3.8, 4) is 0 Å². The van der Waals surface area contributed by atoms with Crippen LogP contribution in [-0.4, -0.2) is 5.38 Å². The summed E-state index contributed by atoms with van der Waals surface area (Å²) in [5.74, 6) is 5.62. The van der Waals surface area contributed by atoms with Gasteiger partial charge in [-0.3, -0.25) is 0 Å². The fourth-order valence-corrected chi connectivity index (χ4v) is 8.92. The molecule has 160 valence electrons. The van der Waals surface area contributed by atoms with E-state index in [1.165, 1.54) is 70.6 Å². The average Bonchev–Trinajstić information content (AvgIpc) is 2.99. The second kappa shape index (κ2) is 7.94. The van der Waals surface area contributed by atoms with Crippen molar-refractivity contribution in [2.24, 2.45) is 46.3 Å². The Kier molecular flexibility index (Phi) is 6.03. The van der Waals surface area contributed by atoms with Crippen molar-refractivity contribution >= 4 is 11.6 Å². The van der Waals surface area contributed by atoms with Crippen molar-refractivity contribution in [3.05, 3.63) is 11.6 Å². The molecule has 0 nitrogen and oxygen atoms in total. The van der Waals surface area contributed by atoms with E-state index in [1.54, 1.807) is 5.57 Å². The molecule has 0 amide bonds. The molecule has 3 saturated carbocycles. The zero-order chi connectivity index (χ0) is 20.1. The summed E-state index contributed by atoms with van der Waals surface area (Å²) in [4.78, 5) is 0. The molecule has 0 aromatic rings. The van der Waals surface area contributed by atoms with Gasteiger partial charge < -0.3 is 0 Å². The number of alkyl halides is 1. The molecule has 0 aliphatic heterocycles. The monoisotopic (exact) mass is 404 g/mol. The first kappa shape index (κ1) is 21.3. The Bertz CT molecular complexity index is 591. The molecule has 0 radical (unpaired) electrons. The number of hydrogen-bond acceptors (Lipinski definition) is 0. The van der Waals surface area contributed by atoms with Crippen molar-refractivity contribution in [1.82, 2.24) is 0 Å². The van der Waals surface area contributed by atoms with Gasteiger partial charge in [-0.2, -0.15) is 0 Å². The Morgan fingerprint density at radius 2 is 1.79 bits per heavy atom. The highest BCUT2D eigenvalue weighted by Gasteiger charge is 2.58. The van der Waals surface area contributed by atoms with Crippen molar-refractivity contribution in [3.63, 3.8) is 0 Å². The van der Waals surface area contributed by atoms with Crippen molar-refractivity contribution in [1.29, 1.82) is 0 Å². The molecule has 4 aliphatic rings. The van der Waals surface area contributed by atoms with Gasteiger partial charge in [-0.25, -0.2) is 0 Å². The van der Waals surface area contributed by atoms with Crippen LogP contribution in [0.1, 0.15) is 105 Å². The predicted octanol–water partition coefficient (Wildman–Crippen LogP) is 8.64. The first-order valence-corrected chi connectivity index (χ1v) is 13.0. The summed E-state index contributed by atoms with van der Waals surface area (Å²) in [6, 6.07) is 0. The van der Waals surface area contributed by atoms with Gasteiger partial charge >= 0.3 is 0 Å². The summed E-state index contributed by atoms with van der Waals surface area (Å²) in [5.41, 5.74) is 2.82. The number of fused-ring (bicyclic) bond motifs is 5. The van der Waals surface area contributed by atoms with E-state index in [9.17, 15) is 0 Å². The van der Waals surface area contributed by atoms with Crippen LogP contribution in [0.3, 0.4) is 0 Å². The van der Waals surface area contributed by atoms with Gasteiger partial charge in [0.05, 0.1) is 0 Å². The molecule has 0 aromatic heterocycles. The van der Waals surface area contributed by atoms with Gasteiger partial charge in [0, 0.05) is 5.38 Å². The molecule has 3 fully saturated rings. The summed E-state index contributed by atoms with van der Waals surface area (Å²) in [6.07, 6.45) is 18.0. The lowest BCUT2D eigenvalue weighted by Gasteiger charge is -2.58. The molecule has 28 heavy (non-hydrogen) atoms. The third-order valence-corrected chi connectivity index (χ3v) is 10.6. The lowest BCUT2D eigenvalue weighted by molar-refractivity contribution is -0.0498. The van der Waals surface area contributed by atoms with Crippen molar-refractivity contribution in [2.75, 3.05) is 0 Å². The third kappa shape index (κ3) is 3.52. The average molecular weight is 405 g/mol. The molecule has 4 aliphatic carbocycles. The first-order chi connectivity index (χ1) is 13.3. The lowest BCUT2D eigenvalue weighted by atomic mass is 9.47. The van der Waals surface area contributed by atoms with Gasteiger partial charge in [-0.15, -0.1) is 11.6 Å². The molecule has 0 aromatic carbocycles. The standard InChI is InChI=1S/C27H45Cl/c1-18(2)7-6-8-19(3)23-11-12-24-22-10-9-20-17-21(28)13-15-26(20,4)25(22)14-16-27(23,24)5/h9,18-19,21-25H,6-8,10-17H2,1-5H3/t19-,21?,22+,23-,24?,25?,26+,27-/m1/s1. The highest BCUT2D eigenvalue weighted by Crippen LogP contribution is 2.67. The van der Waals surface area contributed by atoms with Crippen LogP contribution in [0.25, 0.3) is 0 Å². The van der Waals surface area contributed by atoms with Crippen LogP contribution in [0.5, 0.6) is 0 Å². The summed E-state index contributed by atoms with van der Waals surface area (Å²) in [5, 5.41) is 0.396. The fourth-order valence-electron chi connectivity index (χ4n) is 8.64. The topological polar surface area (TPSA) is 0 Å². The maximum atomic E-state index is 6.56. The van der Waals surface area contributed by atoms with E-state index >= 15 is 0 Å². The van der Waals surface area contributed by atoms with E-state index in [1.807, 2.05) is 0 Å². The number of halogens is 1. The van der Waals surface area contributed by atoms with E-state index in [4.69, 9.17) is 11.6 Å². The van der Waals surface area contributed by atoms with Crippen molar-refractivity contribution < 1.29 is 0 Å². The second-order valence-corrected chi connectivity index (χ2v) is 12.7. The fraction of sp³-hybridized carbons (Fsp3) is 0.926. The Balaban J connectivity index is 1.49. The smallest absolute Gasteiger partial charge is 0.0373 e. The molecule has 4 rings (SSSR count). The van der Waals surface area contributed by atoms with E-state index in [0.717, 1.165) is 35.5 Å². The van der Waals surface area contributed by atoms with Gasteiger partial charge in [0.15, 0.2) is 0 Å². The lowest BCUT2D eigenvalue weighted by Crippen LogP contribution is -2.50. The van der Waals surface area contributed by atoms with E-state index < -0.39 is 0 Å². The third-order valence-electron chi connectivity index (χ3n) is 10.2. The molecule has 0 spiro atoms. The Labute approximate surface area is 180 Å². The minimum absolute atomic E-state index is 0.396. The Hall–Kier alpha value is 0.0300. The zero-order valence-electron chi connectivity index (χ0n) is 19.3. The molecular formula is C27H45Cl. The number of hydrogen-bond donors (Lipinski definition) is 0. The summed E-state index contributed by atoms with van der Waals surface area (Å²) >= 11 is 6.56. The number of allylic oxidation sites excluding steroid dienone is 2. The molecule has 0 bridgehead atoms. The highest BCUT2D eigenvalue weighted by atomic mass is 35.5. The van der Waals surface area contributed by atoms with E-state index in [-0.39, 0.29) is 0 Å². The summed E-state index contributed by atoms with van der Waals surface area (Å²) in [6.45, 7) is 12.7.